The van der Waals surface area contributed by atoms with Gasteiger partial charge in [-0.15, -0.1) is 0 Å². The number of carbonyl (C=O) groups is 2. The third-order valence-electron chi connectivity index (χ3n) is 4.89. The quantitative estimate of drug-likeness (QED) is 0.419. The first-order chi connectivity index (χ1) is 15.0. The van der Waals surface area contributed by atoms with Crippen LogP contribution in [0, 0.1) is 13.8 Å². The van der Waals surface area contributed by atoms with Gasteiger partial charge in [0.15, 0.2) is 5.13 Å². The minimum Gasteiger partial charge on any atom is -0.465 e. The summed E-state index contributed by atoms with van der Waals surface area (Å²) in [4.78, 5) is 36.6. The summed E-state index contributed by atoms with van der Waals surface area (Å²) in [5.74, 6) is -0.891. The molecule has 0 N–H and O–H groups in total. The summed E-state index contributed by atoms with van der Waals surface area (Å²) in [5, 5.41) is 0.555. The van der Waals surface area contributed by atoms with Gasteiger partial charge in [-0.3, -0.25) is 14.7 Å². The summed E-state index contributed by atoms with van der Waals surface area (Å²) in [6, 6.07) is 16.3. The van der Waals surface area contributed by atoms with Gasteiger partial charge in [-0.25, -0.2) is 9.78 Å². The van der Waals surface area contributed by atoms with E-state index in [0.29, 0.717) is 5.13 Å². The monoisotopic (exact) mass is 431 g/mol. The van der Waals surface area contributed by atoms with E-state index >= 15 is 0 Å². The van der Waals surface area contributed by atoms with Crippen LogP contribution in [-0.2, 0) is 11.3 Å². The molecular weight excluding hydrogens is 410 g/mol. The van der Waals surface area contributed by atoms with E-state index in [2.05, 4.69) is 11.1 Å². The molecule has 0 atom stereocenters. The summed E-state index contributed by atoms with van der Waals surface area (Å²) in [6.07, 6.45) is 1.69. The summed E-state index contributed by atoms with van der Waals surface area (Å²) in [7, 11) is 1.30. The van der Waals surface area contributed by atoms with Gasteiger partial charge in [-0.05, 0) is 55.3 Å². The fourth-order valence-electron chi connectivity index (χ4n) is 3.46. The molecule has 2 aromatic heterocycles. The summed E-state index contributed by atoms with van der Waals surface area (Å²) in [5.41, 5.74) is 4.27. The molecular formula is C24H21N3O3S. The van der Waals surface area contributed by atoms with Crippen LogP contribution < -0.4 is 4.90 Å². The molecule has 0 radical (unpaired) electrons. The standard InChI is InChI=1S/C24H21N3O3S/c1-15-12-16(2)21-20(13-15)26-24(31-21)27(14-17-8-6-7-11-25-17)22(28)18-9-4-5-10-19(18)23(29)30-3/h4-13H,14H2,1-3H3. The topological polar surface area (TPSA) is 72.4 Å². The lowest BCUT2D eigenvalue weighted by Gasteiger charge is -2.20. The Labute approximate surface area is 184 Å². The number of methoxy groups -OCH3 is 1. The summed E-state index contributed by atoms with van der Waals surface area (Å²) in [6.45, 7) is 4.29. The maximum atomic E-state index is 13.7. The molecule has 4 rings (SSSR count). The van der Waals surface area contributed by atoms with Crippen LogP contribution in [-0.4, -0.2) is 29.0 Å². The molecule has 7 heteroatoms. The Bertz CT molecular complexity index is 1270. The van der Waals surface area contributed by atoms with E-state index in [9.17, 15) is 9.59 Å². The van der Waals surface area contributed by atoms with Crippen LogP contribution in [0.25, 0.3) is 10.2 Å². The Hall–Kier alpha value is -3.58. The fourth-order valence-corrected chi connectivity index (χ4v) is 4.48. The largest absolute Gasteiger partial charge is 0.465 e. The highest BCUT2D eigenvalue weighted by Gasteiger charge is 2.26. The van der Waals surface area contributed by atoms with Crippen LogP contribution in [0.2, 0.25) is 0 Å². The zero-order chi connectivity index (χ0) is 22.0. The van der Waals surface area contributed by atoms with E-state index < -0.39 is 5.97 Å². The Morgan fingerprint density at radius 2 is 1.77 bits per heavy atom. The van der Waals surface area contributed by atoms with Crippen LogP contribution in [0.3, 0.4) is 0 Å². The van der Waals surface area contributed by atoms with Gasteiger partial charge < -0.3 is 4.74 Å². The maximum Gasteiger partial charge on any atom is 0.338 e. The first kappa shape index (κ1) is 20.7. The van der Waals surface area contributed by atoms with Crippen molar-refractivity contribution < 1.29 is 14.3 Å². The van der Waals surface area contributed by atoms with Crippen LogP contribution in [0.5, 0.6) is 0 Å². The Balaban J connectivity index is 1.83. The number of fused-ring (bicyclic) bond motifs is 1. The third-order valence-corrected chi connectivity index (χ3v) is 6.12. The maximum absolute atomic E-state index is 13.7. The van der Waals surface area contributed by atoms with E-state index in [1.54, 1.807) is 35.4 Å². The van der Waals surface area contributed by atoms with Gasteiger partial charge >= 0.3 is 5.97 Å². The zero-order valence-electron chi connectivity index (χ0n) is 17.5. The molecule has 0 aliphatic heterocycles. The average molecular weight is 432 g/mol. The number of benzene rings is 2. The molecule has 2 aromatic carbocycles. The Kier molecular flexibility index (Phi) is 5.77. The van der Waals surface area contributed by atoms with Gasteiger partial charge in [-0.2, -0.15) is 0 Å². The second-order valence-electron chi connectivity index (χ2n) is 7.18. The van der Waals surface area contributed by atoms with Crippen molar-refractivity contribution in [3.8, 4) is 0 Å². The third kappa shape index (κ3) is 4.18. The number of carbonyl (C=O) groups excluding carboxylic acids is 2. The van der Waals surface area contributed by atoms with Crippen molar-refractivity contribution in [1.82, 2.24) is 9.97 Å². The van der Waals surface area contributed by atoms with Crippen molar-refractivity contribution >= 4 is 38.6 Å². The number of rotatable bonds is 5. The smallest absolute Gasteiger partial charge is 0.338 e. The highest BCUT2D eigenvalue weighted by atomic mass is 32.1. The van der Waals surface area contributed by atoms with Crippen molar-refractivity contribution in [1.29, 1.82) is 0 Å². The molecule has 0 bridgehead atoms. The van der Waals surface area contributed by atoms with Crippen molar-refractivity contribution in [2.75, 3.05) is 12.0 Å². The second kappa shape index (κ2) is 8.65. The summed E-state index contributed by atoms with van der Waals surface area (Å²) < 4.78 is 5.90. The number of aryl methyl sites for hydroxylation is 2. The number of hydrogen-bond donors (Lipinski definition) is 0. The molecule has 4 aromatic rings. The van der Waals surface area contributed by atoms with E-state index in [1.807, 2.05) is 38.1 Å². The van der Waals surface area contributed by atoms with Gasteiger partial charge in [0, 0.05) is 6.20 Å². The van der Waals surface area contributed by atoms with Crippen LogP contribution in [0.1, 0.15) is 37.5 Å². The minimum atomic E-state index is -0.558. The molecule has 0 aliphatic carbocycles. The number of esters is 1. The van der Waals surface area contributed by atoms with E-state index in [4.69, 9.17) is 9.72 Å². The first-order valence-electron chi connectivity index (χ1n) is 9.75. The summed E-state index contributed by atoms with van der Waals surface area (Å²) >= 11 is 1.45. The number of hydrogen-bond acceptors (Lipinski definition) is 6. The zero-order valence-corrected chi connectivity index (χ0v) is 18.3. The highest BCUT2D eigenvalue weighted by molar-refractivity contribution is 7.22. The lowest BCUT2D eigenvalue weighted by Crippen LogP contribution is -2.32. The number of thiazole rings is 1. The van der Waals surface area contributed by atoms with Gasteiger partial charge in [0.2, 0.25) is 0 Å². The van der Waals surface area contributed by atoms with Gasteiger partial charge in [-0.1, -0.05) is 35.6 Å². The van der Waals surface area contributed by atoms with E-state index in [0.717, 1.165) is 27.0 Å². The Morgan fingerprint density at radius 1 is 1.03 bits per heavy atom. The average Bonchev–Trinajstić information content (AvgIpc) is 3.21. The molecule has 31 heavy (non-hydrogen) atoms. The van der Waals surface area contributed by atoms with Crippen LogP contribution in [0.15, 0.2) is 60.8 Å². The number of anilines is 1. The highest BCUT2D eigenvalue weighted by Crippen LogP contribution is 2.33. The first-order valence-corrected chi connectivity index (χ1v) is 10.6. The Morgan fingerprint density at radius 3 is 2.48 bits per heavy atom. The minimum absolute atomic E-state index is 0.217. The fraction of sp³-hybridized carbons (Fsp3) is 0.167. The molecule has 2 heterocycles. The van der Waals surface area contributed by atoms with Crippen LogP contribution in [0.4, 0.5) is 5.13 Å². The SMILES string of the molecule is COC(=O)c1ccccc1C(=O)N(Cc1ccccn1)c1nc2cc(C)cc(C)c2s1. The lowest BCUT2D eigenvalue weighted by molar-refractivity contribution is 0.0597. The molecule has 0 spiro atoms. The molecule has 0 saturated carbocycles. The van der Waals surface area contributed by atoms with E-state index in [-0.39, 0.29) is 23.6 Å². The van der Waals surface area contributed by atoms with Crippen molar-refractivity contribution in [3.05, 3.63) is 88.7 Å². The molecule has 0 unspecified atom stereocenters. The van der Waals surface area contributed by atoms with Gasteiger partial charge in [0.1, 0.15) is 0 Å². The van der Waals surface area contributed by atoms with E-state index in [1.165, 1.54) is 18.4 Å². The predicted molar refractivity (Wildman–Crippen MR) is 122 cm³/mol. The number of aromatic nitrogens is 2. The number of ether oxygens (including phenoxy) is 1. The molecule has 6 nitrogen and oxygen atoms in total. The number of amides is 1. The normalized spacial score (nSPS) is 10.8. The molecule has 1 amide bonds. The van der Waals surface area contributed by atoms with Gasteiger partial charge in [0.05, 0.1) is 40.7 Å². The lowest BCUT2D eigenvalue weighted by atomic mass is 10.1. The van der Waals surface area contributed by atoms with Crippen molar-refractivity contribution in [2.45, 2.75) is 20.4 Å². The van der Waals surface area contributed by atoms with Crippen molar-refractivity contribution in [3.63, 3.8) is 0 Å². The molecule has 156 valence electrons. The molecule has 0 fully saturated rings. The van der Waals surface area contributed by atoms with Crippen LogP contribution >= 0.6 is 11.3 Å². The molecule has 0 aliphatic rings. The number of nitrogens with zero attached hydrogens (tertiary/aromatic N) is 3. The van der Waals surface area contributed by atoms with Gasteiger partial charge in [0.25, 0.3) is 5.91 Å². The molecule has 0 saturated heterocycles. The van der Waals surface area contributed by atoms with Crippen molar-refractivity contribution in [2.24, 2.45) is 0 Å². The predicted octanol–water partition coefficient (Wildman–Crippen LogP) is 4.94. The second-order valence-corrected chi connectivity index (χ2v) is 8.15. The number of pyridine rings is 1.